The molecule has 2 heterocycles. The highest BCUT2D eigenvalue weighted by Gasteiger charge is 2.15. The van der Waals surface area contributed by atoms with E-state index in [1.165, 1.54) is 0 Å². The smallest absolute Gasteiger partial charge is 0.315 e. The molecule has 20 heavy (non-hydrogen) atoms. The highest BCUT2D eigenvalue weighted by atomic mass is 16.2. The number of carbonyl (C=O) groups is 1. The molecule has 8 heteroatoms. The molecule has 0 fully saturated rings. The molecule has 2 aromatic rings. The fraction of sp³-hybridized carbons (Fsp3) is 0.500. The minimum atomic E-state index is -0.229. The lowest BCUT2D eigenvalue weighted by molar-refractivity contribution is 0.233. The Hall–Kier alpha value is -2.38. The number of nitrogens with one attached hydrogen (secondary N) is 2. The summed E-state index contributed by atoms with van der Waals surface area (Å²) in [5, 5.41) is 13.5. The third-order valence-corrected chi connectivity index (χ3v) is 2.90. The molecule has 0 spiro atoms. The van der Waals surface area contributed by atoms with Gasteiger partial charge in [-0.25, -0.2) is 9.78 Å². The van der Waals surface area contributed by atoms with Crippen LogP contribution in [-0.2, 0) is 13.6 Å². The van der Waals surface area contributed by atoms with Crippen molar-refractivity contribution < 1.29 is 4.79 Å². The molecule has 2 atom stereocenters. The summed E-state index contributed by atoms with van der Waals surface area (Å²) in [7, 11) is 1.84. The van der Waals surface area contributed by atoms with E-state index in [4.69, 9.17) is 0 Å². The van der Waals surface area contributed by atoms with Crippen LogP contribution in [0.1, 0.15) is 25.7 Å². The summed E-state index contributed by atoms with van der Waals surface area (Å²) in [5.74, 6) is 0.711. The van der Waals surface area contributed by atoms with Crippen LogP contribution in [0.2, 0.25) is 0 Å². The van der Waals surface area contributed by atoms with E-state index in [1.54, 1.807) is 23.4 Å². The van der Waals surface area contributed by atoms with Crippen molar-refractivity contribution in [3.8, 4) is 0 Å². The second-order valence-corrected chi connectivity index (χ2v) is 4.80. The van der Waals surface area contributed by atoms with Crippen LogP contribution in [0.25, 0.3) is 0 Å². The number of hydrogen-bond acceptors (Lipinski definition) is 4. The predicted molar refractivity (Wildman–Crippen MR) is 72.8 cm³/mol. The molecule has 0 saturated carbocycles. The molecular formula is C12H19N7O. The first kappa shape index (κ1) is 14.0. The van der Waals surface area contributed by atoms with Crippen LogP contribution in [-0.4, -0.2) is 36.4 Å². The van der Waals surface area contributed by atoms with Crippen LogP contribution in [0, 0.1) is 0 Å². The van der Waals surface area contributed by atoms with Gasteiger partial charge in [-0.2, -0.15) is 0 Å². The fourth-order valence-electron chi connectivity index (χ4n) is 1.97. The van der Waals surface area contributed by atoms with Gasteiger partial charge < -0.3 is 19.8 Å². The van der Waals surface area contributed by atoms with Gasteiger partial charge in [0.1, 0.15) is 6.33 Å². The van der Waals surface area contributed by atoms with Gasteiger partial charge in [0, 0.05) is 32.0 Å². The van der Waals surface area contributed by atoms with Crippen LogP contribution >= 0.6 is 0 Å². The normalized spacial score (nSPS) is 13.8. The molecule has 0 bridgehead atoms. The van der Waals surface area contributed by atoms with Crippen molar-refractivity contribution in [2.24, 2.45) is 7.05 Å². The zero-order chi connectivity index (χ0) is 14.5. The summed E-state index contributed by atoms with van der Waals surface area (Å²) in [6.07, 6.45) is 6.90. The quantitative estimate of drug-likeness (QED) is 0.831. The number of carbonyl (C=O) groups excluding carboxylic acids is 1. The highest BCUT2D eigenvalue weighted by Crippen LogP contribution is 2.06. The number of imidazole rings is 1. The largest absolute Gasteiger partial charge is 0.335 e. The Bertz CT molecular complexity index is 548. The summed E-state index contributed by atoms with van der Waals surface area (Å²) in [4.78, 5) is 15.9. The Morgan fingerprint density at radius 3 is 2.75 bits per heavy atom. The van der Waals surface area contributed by atoms with Crippen molar-refractivity contribution in [2.75, 3.05) is 0 Å². The molecular weight excluding hydrogens is 258 g/mol. The number of hydrogen-bond donors (Lipinski definition) is 2. The number of nitrogens with zero attached hydrogens (tertiary/aromatic N) is 5. The van der Waals surface area contributed by atoms with Gasteiger partial charge in [0.2, 0.25) is 0 Å². The molecule has 0 aliphatic carbocycles. The van der Waals surface area contributed by atoms with Gasteiger partial charge in [-0.3, -0.25) is 0 Å². The summed E-state index contributed by atoms with van der Waals surface area (Å²) in [6, 6.07) is -0.438. The molecule has 0 aromatic carbocycles. The third kappa shape index (κ3) is 3.56. The second kappa shape index (κ2) is 6.18. The Labute approximate surface area is 117 Å². The van der Waals surface area contributed by atoms with Crippen molar-refractivity contribution >= 4 is 6.03 Å². The molecule has 2 N–H and O–H groups in total. The summed E-state index contributed by atoms with van der Waals surface area (Å²) in [5.41, 5.74) is 0. The Kier molecular flexibility index (Phi) is 4.34. The molecule has 108 valence electrons. The standard InChI is InChI=1S/C12H19N7O/c1-9(6-19-5-4-13-7-19)15-12(20)16-10(2)11-17-14-8-18(11)3/h4-5,7-10H,6H2,1-3H3,(H2,15,16,20)/t9-,10+/m0/s1. The zero-order valence-corrected chi connectivity index (χ0v) is 11.8. The average molecular weight is 277 g/mol. The first-order valence-electron chi connectivity index (χ1n) is 6.43. The maximum Gasteiger partial charge on any atom is 0.315 e. The minimum absolute atomic E-state index is 0.00380. The average Bonchev–Trinajstić information content (AvgIpc) is 2.99. The SMILES string of the molecule is C[C@@H](Cn1ccnc1)NC(=O)N[C@H](C)c1nncn1C. The van der Waals surface area contributed by atoms with Gasteiger partial charge in [-0.15, -0.1) is 10.2 Å². The Balaban J connectivity index is 1.81. The first-order chi connectivity index (χ1) is 9.56. The van der Waals surface area contributed by atoms with Crippen molar-refractivity contribution in [1.29, 1.82) is 0 Å². The lowest BCUT2D eigenvalue weighted by Gasteiger charge is -2.18. The lowest BCUT2D eigenvalue weighted by Crippen LogP contribution is -2.43. The van der Waals surface area contributed by atoms with Gasteiger partial charge >= 0.3 is 6.03 Å². The van der Waals surface area contributed by atoms with Crippen molar-refractivity contribution in [1.82, 2.24) is 34.9 Å². The van der Waals surface area contributed by atoms with E-state index < -0.39 is 0 Å². The highest BCUT2D eigenvalue weighted by molar-refractivity contribution is 5.74. The molecule has 2 rings (SSSR count). The molecule has 2 amide bonds. The van der Waals surface area contributed by atoms with E-state index in [2.05, 4.69) is 25.8 Å². The van der Waals surface area contributed by atoms with E-state index >= 15 is 0 Å². The summed E-state index contributed by atoms with van der Waals surface area (Å²) >= 11 is 0. The number of aryl methyl sites for hydroxylation is 1. The monoisotopic (exact) mass is 277 g/mol. The first-order valence-corrected chi connectivity index (χ1v) is 6.43. The van der Waals surface area contributed by atoms with Crippen LogP contribution in [0.15, 0.2) is 25.0 Å². The van der Waals surface area contributed by atoms with Crippen molar-refractivity contribution in [3.05, 3.63) is 30.9 Å². The van der Waals surface area contributed by atoms with E-state index in [1.807, 2.05) is 31.7 Å². The maximum atomic E-state index is 11.9. The maximum absolute atomic E-state index is 11.9. The molecule has 8 nitrogen and oxygen atoms in total. The van der Waals surface area contributed by atoms with E-state index in [0.717, 1.165) is 0 Å². The number of aromatic nitrogens is 5. The third-order valence-electron chi connectivity index (χ3n) is 2.90. The van der Waals surface area contributed by atoms with Crippen molar-refractivity contribution in [3.63, 3.8) is 0 Å². The molecule has 0 aliphatic heterocycles. The zero-order valence-electron chi connectivity index (χ0n) is 11.8. The van der Waals surface area contributed by atoms with E-state index in [0.29, 0.717) is 12.4 Å². The topological polar surface area (TPSA) is 89.7 Å². The van der Waals surface area contributed by atoms with Gasteiger partial charge in [-0.05, 0) is 13.8 Å². The molecule has 0 radical (unpaired) electrons. The van der Waals surface area contributed by atoms with Crippen LogP contribution < -0.4 is 10.6 Å². The summed E-state index contributed by atoms with van der Waals surface area (Å²) < 4.78 is 3.69. The van der Waals surface area contributed by atoms with Gasteiger partial charge in [0.05, 0.1) is 12.4 Å². The van der Waals surface area contributed by atoms with Gasteiger partial charge in [0.25, 0.3) is 0 Å². The molecule has 0 saturated heterocycles. The van der Waals surface area contributed by atoms with Crippen LogP contribution in [0.4, 0.5) is 4.79 Å². The molecule has 0 aliphatic rings. The Morgan fingerprint density at radius 1 is 1.35 bits per heavy atom. The summed E-state index contributed by atoms with van der Waals surface area (Å²) in [6.45, 7) is 4.47. The second-order valence-electron chi connectivity index (χ2n) is 4.80. The number of urea groups is 1. The molecule has 2 aromatic heterocycles. The van der Waals surface area contributed by atoms with Crippen LogP contribution in [0.3, 0.4) is 0 Å². The van der Waals surface area contributed by atoms with Gasteiger partial charge in [0.15, 0.2) is 5.82 Å². The Morgan fingerprint density at radius 2 is 2.15 bits per heavy atom. The van der Waals surface area contributed by atoms with Crippen molar-refractivity contribution in [2.45, 2.75) is 32.5 Å². The number of rotatable bonds is 5. The number of amides is 2. The van der Waals surface area contributed by atoms with Crippen LogP contribution in [0.5, 0.6) is 0 Å². The fourth-order valence-corrected chi connectivity index (χ4v) is 1.97. The minimum Gasteiger partial charge on any atom is -0.335 e. The lowest BCUT2D eigenvalue weighted by atomic mass is 10.3. The predicted octanol–water partition coefficient (Wildman–Crippen LogP) is 0.460. The molecule has 0 unspecified atom stereocenters. The van der Waals surface area contributed by atoms with Gasteiger partial charge in [-0.1, -0.05) is 0 Å². The van der Waals surface area contributed by atoms with E-state index in [9.17, 15) is 4.79 Å². The van der Waals surface area contributed by atoms with E-state index in [-0.39, 0.29) is 18.1 Å².